The highest BCUT2D eigenvalue weighted by Gasteiger charge is 2.19. The lowest BCUT2D eigenvalue weighted by Crippen LogP contribution is -2.38. The number of likely N-dealkylation sites (N-methyl/N-ethyl adjacent to an activating group) is 1. The lowest BCUT2D eigenvalue weighted by atomic mass is 10.1. The van der Waals surface area contributed by atoms with Crippen LogP contribution >= 0.6 is 11.6 Å². The van der Waals surface area contributed by atoms with Crippen LogP contribution in [0, 0.1) is 0 Å². The maximum Gasteiger partial charge on any atom is 0.0765 e. The van der Waals surface area contributed by atoms with Crippen molar-refractivity contribution in [1.29, 1.82) is 0 Å². The summed E-state index contributed by atoms with van der Waals surface area (Å²) in [7, 11) is 0. The molecule has 0 aromatic heterocycles. The topological polar surface area (TPSA) is 43.7 Å². The normalized spacial score (nSPS) is 13.5. The van der Waals surface area contributed by atoms with Gasteiger partial charge < -0.3 is 15.1 Å². The van der Waals surface area contributed by atoms with Crippen molar-refractivity contribution >= 4 is 17.3 Å². The highest BCUT2D eigenvalue weighted by Crippen LogP contribution is 2.29. The number of halogens is 1. The van der Waals surface area contributed by atoms with Gasteiger partial charge in [-0.15, -0.1) is 0 Å². The average Bonchev–Trinajstić information content (AvgIpc) is 2.24. The van der Waals surface area contributed by atoms with E-state index in [9.17, 15) is 10.2 Å². The maximum absolute atomic E-state index is 9.89. The van der Waals surface area contributed by atoms with E-state index < -0.39 is 11.7 Å². The van der Waals surface area contributed by atoms with Crippen molar-refractivity contribution in [3.05, 3.63) is 28.8 Å². The van der Waals surface area contributed by atoms with Crippen molar-refractivity contribution in [3.8, 4) is 0 Å². The molecular weight excluding hydrogens is 250 g/mol. The second-order valence-electron chi connectivity index (χ2n) is 5.21. The van der Waals surface area contributed by atoms with E-state index in [-0.39, 0.29) is 0 Å². The summed E-state index contributed by atoms with van der Waals surface area (Å²) in [5.41, 5.74) is 0.899. The zero-order valence-corrected chi connectivity index (χ0v) is 12.2. The van der Waals surface area contributed by atoms with Gasteiger partial charge in [-0.25, -0.2) is 0 Å². The molecule has 0 aliphatic rings. The van der Waals surface area contributed by atoms with Crippen LogP contribution in [0.5, 0.6) is 0 Å². The molecule has 0 aliphatic heterocycles. The highest BCUT2D eigenvalue weighted by molar-refractivity contribution is 6.33. The van der Waals surface area contributed by atoms with Crippen LogP contribution in [0.3, 0.4) is 0 Å². The molecule has 0 spiro atoms. The smallest absolute Gasteiger partial charge is 0.0765 e. The fourth-order valence-corrected chi connectivity index (χ4v) is 2.18. The minimum absolute atomic E-state index is 0.511. The predicted molar refractivity (Wildman–Crippen MR) is 76.3 cm³/mol. The lowest BCUT2D eigenvalue weighted by molar-refractivity contribution is 0.0876. The van der Waals surface area contributed by atoms with E-state index in [4.69, 9.17) is 11.6 Å². The van der Waals surface area contributed by atoms with E-state index in [0.717, 1.165) is 17.8 Å². The molecule has 4 heteroatoms. The van der Waals surface area contributed by atoms with E-state index in [1.54, 1.807) is 26.8 Å². The molecule has 1 unspecified atom stereocenters. The van der Waals surface area contributed by atoms with Gasteiger partial charge in [0.1, 0.15) is 0 Å². The van der Waals surface area contributed by atoms with Crippen LogP contribution in [0.15, 0.2) is 18.2 Å². The van der Waals surface area contributed by atoms with E-state index in [2.05, 4.69) is 0 Å². The van der Waals surface area contributed by atoms with Crippen LogP contribution in [0.25, 0.3) is 0 Å². The molecule has 18 heavy (non-hydrogen) atoms. The van der Waals surface area contributed by atoms with Crippen molar-refractivity contribution in [2.75, 3.05) is 18.0 Å². The Labute approximate surface area is 114 Å². The van der Waals surface area contributed by atoms with E-state index in [0.29, 0.717) is 11.6 Å². The summed E-state index contributed by atoms with van der Waals surface area (Å²) in [5, 5.41) is 20.0. The van der Waals surface area contributed by atoms with Crippen molar-refractivity contribution in [1.82, 2.24) is 0 Å². The van der Waals surface area contributed by atoms with E-state index >= 15 is 0 Å². The quantitative estimate of drug-likeness (QED) is 0.865. The first-order chi connectivity index (χ1) is 8.24. The molecule has 0 radical (unpaired) electrons. The second-order valence-corrected chi connectivity index (χ2v) is 5.62. The SMILES string of the molecule is CCN(CC(C)(C)O)c1ccc(C(C)O)cc1Cl. The first kappa shape index (κ1) is 15.3. The van der Waals surface area contributed by atoms with Gasteiger partial charge in [-0.1, -0.05) is 17.7 Å². The summed E-state index contributed by atoms with van der Waals surface area (Å²) in [4.78, 5) is 2.02. The van der Waals surface area contributed by atoms with Crippen molar-refractivity contribution in [3.63, 3.8) is 0 Å². The molecule has 2 N–H and O–H groups in total. The Hall–Kier alpha value is -0.770. The molecule has 1 aromatic rings. The van der Waals surface area contributed by atoms with E-state index in [1.807, 2.05) is 24.0 Å². The monoisotopic (exact) mass is 271 g/mol. The lowest BCUT2D eigenvalue weighted by Gasteiger charge is -2.30. The molecule has 0 saturated carbocycles. The van der Waals surface area contributed by atoms with Crippen molar-refractivity contribution < 1.29 is 10.2 Å². The molecule has 102 valence electrons. The zero-order valence-electron chi connectivity index (χ0n) is 11.4. The Balaban J connectivity index is 3.00. The van der Waals surface area contributed by atoms with Crippen LogP contribution in [0.4, 0.5) is 5.69 Å². The fraction of sp³-hybridized carbons (Fsp3) is 0.571. The Morgan fingerprint density at radius 2 is 2.00 bits per heavy atom. The minimum atomic E-state index is -0.776. The summed E-state index contributed by atoms with van der Waals surface area (Å²) >= 11 is 6.24. The predicted octanol–water partition coefficient (Wildman–Crippen LogP) is 2.99. The van der Waals surface area contributed by atoms with Gasteiger partial charge in [0.25, 0.3) is 0 Å². The summed E-state index contributed by atoms with van der Waals surface area (Å²) in [6, 6.07) is 5.52. The summed E-state index contributed by atoms with van der Waals surface area (Å²) in [5.74, 6) is 0. The Bertz CT molecular complexity index is 399. The van der Waals surface area contributed by atoms with Gasteiger partial charge in [-0.05, 0) is 45.4 Å². The first-order valence-electron chi connectivity index (χ1n) is 6.19. The second kappa shape index (κ2) is 5.91. The average molecular weight is 272 g/mol. The minimum Gasteiger partial charge on any atom is -0.389 e. The summed E-state index contributed by atoms with van der Waals surface area (Å²) < 4.78 is 0. The Morgan fingerprint density at radius 1 is 1.39 bits per heavy atom. The zero-order chi connectivity index (χ0) is 13.9. The molecule has 0 amide bonds. The fourth-order valence-electron chi connectivity index (χ4n) is 1.87. The molecule has 0 bridgehead atoms. The molecule has 1 aromatic carbocycles. The van der Waals surface area contributed by atoms with Gasteiger partial charge in [0.05, 0.1) is 22.4 Å². The van der Waals surface area contributed by atoms with E-state index in [1.165, 1.54) is 0 Å². The summed E-state index contributed by atoms with van der Waals surface area (Å²) in [6.07, 6.45) is -0.527. The number of benzene rings is 1. The van der Waals surface area contributed by atoms with Gasteiger partial charge >= 0.3 is 0 Å². The van der Waals surface area contributed by atoms with Crippen molar-refractivity contribution in [2.24, 2.45) is 0 Å². The Morgan fingerprint density at radius 3 is 2.39 bits per heavy atom. The number of aliphatic hydroxyl groups excluding tert-OH is 1. The molecule has 0 saturated heterocycles. The van der Waals surface area contributed by atoms with Gasteiger partial charge in [0.2, 0.25) is 0 Å². The summed E-state index contributed by atoms with van der Waals surface area (Å²) in [6.45, 7) is 8.54. The molecular formula is C14H22ClNO2. The van der Waals surface area contributed by atoms with Gasteiger partial charge in [-0.2, -0.15) is 0 Å². The number of hydrogen-bond acceptors (Lipinski definition) is 3. The highest BCUT2D eigenvalue weighted by atomic mass is 35.5. The number of rotatable bonds is 5. The van der Waals surface area contributed by atoms with Crippen LogP contribution in [0.1, 0.15) is 39.4 Å². The third kappa shape index (κ3) is 4.16. The molecule has 0 heterocycles. The van der Waals surface area contributed by atoms with Crippen LogP contribution < -0.4 is 4.90 Å². The molecule has 3 nitrogen and oxygen atoms in total. The van der Waals surface area contributed by atoms with Gasteiger partial charge in [0.15, 0.2) is 0 Å². The molecule has 1 rings (SSSR count). The van der Waals surface area contributed by atoms with Gasteiger partial charge in [0, 0.05) is 13.1 Å². The van der Waals surface area contributed by atoms with Crippen LogP contribution in [-0.4, -0.2) is 28.9 Å². The number of hydrogen-bond donors (Lipinski definition) is 2. The number of nitrogens with zero attached hydrogens (tertiary/aromatic N) is 1. The first-order valence-corrected chi connectivity index (χ1v) is 6.57. The maximum atomic E-state index is 9.89. The largest absolute Gasteiger partial charge is 0.389 e. The number of anilines is 1. The third-order valence-corrected chi connectivity index (χ3v) is 3.06. The molecule has 0 aliphatic carbocycles. The van der Waals surface area contributed by atoms with Crippen LogP contribution in [0.2, 0.25) is 5.02 Å². The molecule has 0 fully saturated rings. The Kier molecular flexibility index (Phi) is 5.02. The molecule has 1 atom stereocenters. The van der Waals surface area contributed by atoms with Gasteiger partial charge in [-0.3, -0.25) is 0 Å². The number of aliphatic hydroxyl groups is 2. The standard InChI is InChI=1S/C14H22ClNO2/c1-5-16(9-14(3,4)18)13-7-6-11(10(2)17)8-12(13)15/h6-8,10,17-18H,5,9H2,1-4H3. The van der Waals surface area contributed by atoms with Crippen LogP contribution in [-0.2, 0) is 0 Å². The third-order valence-electron chi connectivity index (χ3n) is 2.75. The van der Waals surface area contributed by atoms with Crippen molar-refractivity contribution in [2.45, 2.75) is 39.4 Å².